The van der Waals surface area contributed by atoms with E-state index in [2.05, 4.69) is 18.2 Å². The van der Waals surface area contributed by atoms with Gasteiger partial charge in [-0.05, 0) is 30.8 Å². The third kappa shape index (κ3) is 4.28. The molecular weight excluding hydrogens is 283 g/mol. The van der Waals surface area contributed by atoms with Crippen LogP contribution in [-0.4, -0.2) is 19.0 Å². The summed E-state index contributed by atoms with van der Waals surface area (Å²) < 4.78 is 10.6. The van der Waals surface area contributed by atoms with E-state index in [4.69, 9.17) is 9.47 Å². The fraction of sp³-hybridized carbons (Fsp3) is 0.294. The summed E-state index contributed by atoms with van der Waals surface area (Å²) in [5.41, 5.74) is 2.14. The van der Waals surface area contributed by atoms with Crippen molar-refractivity contribution in [2.24, 2.45) is 0 Å². The third-order valence-electron chi connectivity index (χ3n) is 3.15. The molecule has 2 unspecified atom stereocenters. The molecule has 0 saturated heterocycles. The van der Waals surface area contributed by atoms with Crippen LogP contribution in [0.25, 0.3) is 0 Å². The normalized spacial score (nSPS) is 12.8. The summed E-state index contributed by atoms with van der Waals surface area (Å²) in [6.45, 7) is 4.07. The molecule has 3 nitrogen and oxygen atoms in total. The molecule has 21 heavy (non-hydrogen) atoms. The third-order valence-corrected chi connectivity index (χ3v) is 4.55. The van der Waals surface area contributed by atoms with Gasteiger partial charge in [-0.1, -0.05) is 50.5 Å². The van der Waals surface area contributed by atoms with Gasteiger partial charge in [0.25, 0.3) is 0 Å². The van der Waals surface area contributed by atoms with Crippen LogP contribution in [0.2, 0.25) is 0 Å². The van der Waals surface area contributed by atoms with Crippen molar-refractivity contribution in [2.75, 3.05) is 13.9 Å². The molecule has 0 radical (unpaired) electrons. The Morgan fingerprint density at radius 3 is 2.62 bits per heavy atom. The van der Waals surface area contributed by atoms with Crippen molar-refractivity contribution in [3.63, 3.8) is 0 Å². The van der Waals surface area contributed by atoms with Crippen molar-refractivity contribution in [3.8, 4) is 5.75 Å². The highest BCUT2D eigenvalue weighted by molar-refractivity contribution is 7.55. The largest absolute Gasteiger partial charge is 0.467 e. The van der Waals surface area contributed by atoms with Gasteiger partial charge in [0.1, 0.15) is 5.75 Å². The Morgan fingerprint density at radius 2 is 1.90 bits per heavy atom. The average molecular weight is 304 g/mol. The first-order valence-corrected chi connectivity index (χ1v) is 7.88. The van der Waals surface area contributed by atoms with E-state index in [1.54, 1.807) is 14.0 Å². The zero-order valence-electron chi connectivity index (χ0n) is 12.6. The van der Waals surface area contributed by atoms with Crippen molar-refractivity contribution >= 4 is 19.2 Å². The molecule has 0 bridgehead atoms. The number of ether oxygens (including phenoxy) is 2. The minimum atomic E-state index is -0.473. The highest BCUT2D eigenvalue weighted by Gasteiger charge is 2.11. The van der Waals surface area contributed by atoms with Crippen molar-refractivity contribution in [2.45, 2.75) is 20.0 Å². The van der Waals surface area contributed by atoms with Gasteiger partial charge in [-0.2, -0.15) is 0 Å². The Hall–Kier alpha value is -1.41. The predicted molar refractivity (Wildman–Crippen MR) is 88.3 cm³/mol. The number of aliphatic hydroxyl groups excluding tert-OH is 1. The van der Waals surface area contributed by atoms with Crippen LogP contribution in [0.4, 0.5) is 0 Å². The van der Waals surface area contributed by atoms with Gasteiger partial charge in [-0.25, -0.2) is 0 Å². The van der Waals surface area contributed by atoms with E-state index in [0.29, 0.717) is 8.58 Å². The topological polar surface area (TPSA) is 38.7 Å². The fourth-order valence-corrected chi connectivity index (χ4v) is 3.45. The standard InChI is InChI=1S/C17H21O3P/c1-12-8-9-16(14(10-12)13(2)18)21-17-7-5-4-6-15(17)20-11-19-3/h4-10,13,18,21H,11H2,1-3H3. The van der Waals surface area contributed by atoms with Crippen LogP contribution in [0.1, 0.15) is 24.2 Å². The molecule has 1 N–H and O–H groups in total. The summed E-state index contributed by atoms with van der Waals surface area (Å²) in [7, 11) is 2.04. The molecule has 0 spiro atoms. The summed E-state index contributed by atoms with van der Waals surface area (Å²) in [6, 6.07) is 14.1. The molecule has 0 aliphatic heterocycles. The van der Waals surface area contributed by atoms with Gasteiger partial charge in [0.2, 0.25) is 0 Å². The lowest BCUT2D eigenvalue weighted by Crippen LogP contribution is -2.14. The number of aliphatic hydroxyl groups is 1. The van der Waals surface area contributed by atoms with Gasteiger partial charge in [-0.15, -0.1) is 0 Å². The van der Waals surface area contributed by atoms with E-state index in [1.165, 1.54) is 0 Å². The second-order valence-electron chi connectivity index (χ2n) is 4.94. The van der Waals surface area contributed by atoms with E-state index in [9.17, 15) is 5.11 Å². The maximum Gasteiger partial charge on any atom is 0.188 e. The van der Waals surface area contributed by atoms with Crippen molar-refractivity contribution in [3.05, 3.63) is 53.6 Å². The highest BCUT2D eigenvalue weighted by atomic mass is 31.1. The number of rotatable bonds is 6. The van der Waals surface area contributed by atoms with E-state index >= 15 is 0 Å². The van der Waals surface area contributed by atoms with Crippen LogP contribution in [0.15, 0.2) is 42.5 Å². The molecule has 112 valence electrons. The lowest BCUT2D eigenvalue weighted by Gasteiger charge is -2.15. The van der Waals surface area contributed by atoms with Crippen LogP contribution < -0.4 is 15.3 Å². The smallest absolute Gasteiger partial charge is 0.188 e. The van der Waals surface area contributed by atoms with Gasteiger partial charge in [0, 0.05) is 12.4 Å². The highest BCUT2D eigenvalue weighted by Crippen LogP contribution is 2.24. The van der Waals surface area contributed by atoms with E-state index in [0.717, 1.165) is 27.5 Å². The van der Waals surface area contributed by atoms with Gasteiger partial charge in [-0.3, -0.25) is 0 Å². The van der Waals surface area contributed by atoms with Gasteiger partial charge < -0.3 is 14.6 Å². The van der Waals surface area contributed by atoms with Crippen molar-refractivity contribution in [1.82, 2.24) is 0 Å². The predicted octanol–water partition coefficient (Wildman–Crippen LogP) is 2.66. The number of hydrogen-bond acceptors (Lipinski definition) is 3. The summed E-state index contributed by atoms with van der Waals surface area (Å²) in [6.07, 6.45) is -0.473. The minimum absolute atomic E-state index is 0.235. The first-order valence-electron chi connectivity index (χ1n) is 6.88. The zero-order chi connectivity index (χ0) is 15.2. The second kappa shape index (κ2) is 7.56. The first-order chi connectivity index (χ1) is 10.1. The fourth-order valence-electron chi connectivity index (χ4n) is 2.10. The maximum absolute atomic E-state index is 9.97. The number of benzene rings is 2. The molecule has 0 aliphatic rings. The molecule has 0 aliphatic carbocycles. The van der Waals surface area contributed by atoms with Crippen LogP contribution in [-0.2, 0) is 4.74 Å². The lowest BCUT2D eigenvalue weighted by molar-refractivity contribution is 0.0519. The van der Waals surface area contributed by atoms with Crippen molar-refractivity contribution < 1.29 is 14.6 Å². The summed E-state index contributed by atoms with van der Waals surface area (Å²) >= 11 is 0. The quantitative estimate of drug-likeness (QED) is 0.659. The monoisotopic (exact) mass is 304 g/mol. The van der Waals surface area contributed by atoms with Gasteiger partial charge in [0.15, 0.2) is 6.79 Å². The summed E-state index contributed by atoms with van der Waals surface area (Å²) in [4.78, 5) is 0. The second-order valence-corrected chi connectivity index (χ2v) is 6.27. The molecule has 4 heteroatoms. The zero-order valence-corrected chi connectivity index (χ0v) is 13.6. The molecule has 0 heterocycles. The Kier molecular flexibility index (Phi) is 5.75. The Balaban J connectivity index is 2.30. The number of hydrogen-bond donors (Lipinski definition) is 1. The molecular formula is C17H21O3P. The Morgan fingerprint density at radius 1 is 1.14 bits per heavy atom. The first kappa shape index (κ1) is 16.0. The molecule has 0 saturated carbocycles. The van der Waals surface area contributed by atoms with Crippen LogP contribution in [0, 0.1) is 6.92 Å². The molecule has 2 aromatic rings. The van der Waals surface area contributed by atoms with E-state index in [1.807, 2.05) is 31.2 Å². The molecule has 0 aromatic heterocycles. The van der Waals surface area contributed by atoms with E-state index < -0.39 is 6.10 Å². The number of methoxy groups -OCH3 is 1. The Labute approximate surface area is 127 Å². The molecule has 0 amide bonds. The van der Waals surface area contributed by atoms with E-state index in [-0.39, 0.29) is 6.79 Å². The van der Waals surface area contributed by atoms with Gasteiger partial charge in [0.05, 0.1) is 6.10 Å². The molecule has 2 atom stereocenters. The lowest BCUT2D eigenvalue weighted by atomic mass is 10.1. The molecule has 2 aromatic carbocycles. The minimum Gasteiger partial charge on any atom is -0.467 e. The Bertz CT molecular complexity index is 596. The number of para-hydroxylation sites is 1. The summed E-state index contributed by atoms with van der Waals surface area (Å²) in [5.74, 6) is 0.829. The molecule has 0 fully saturated rings. The van der Waals surface area contributed by atoms with Crippen LogP contribution >= 0.6 is 8.58 Å². The van der Waals surface area contributed by atoms with Crippen LogP contribution in [0.3, 0.4) is 0 Å². The average Bonchev–Trinajstić information content (AvgIpc) is 2.48. The number of aryl methyl sites for hydroxylation is 1. The van der Waals surface area contributed by atoms with Crippen LogP contribution in [0.5, 0.6) is 5.75 Å². The SMILES string of the molecule is COCOc1ccccc1Pc1ccc(C)cc1C(C)O. The summed E-state index contributed by atoms with van der Waals surface area (Å²) in [5, 5.41) is 12.2. The van der Waals surface area contributed by atoms with Gasteiger partial charge >= 0.3 is 0 Å². The molecule has 2 rings (SSSR count). The maximum atomic E-state index is 9.97. The van der Waals surface area contributed by atoms with Crippen molar-refractivity contribution in [1.29, 1.82) is 0 Å².